The van der Waals surface area contributed by atoms with Crippen molar-refractivity contribution in [1.82, 2.24) is 0 Å². The van der Waals surface area contributed by atoms with Gasteiger partial charge in [-0.25, -0.2) is 0 Å². The molecule has 0 aliphatic heterocycles. The molecule has 1 nitrogen and oxygen atoms in total. The first-order valence-corrected chi connectivity index (χ1v) is 7.95. The highest BCUT2D eigenvalue weighted by Gasteiger charge is 2.14. The topological polar surface area (TPSA) is 26.0 Å². The number of nitrogens with two attached hydrogens (primary N) is 1. The molecule has 0 radical (unpaired) electrons. The van der Waals surface area contributed by atoms with E-state index in [-0.39, 0.29) is 6.04 Å². The Morgan fingerprint density at radius 2 is 1.85 bits per heavy atom. The van der Waals surface area contributed by atoms with Gasteiger partial charge in [0.1, 0.15) is 0 Å². The van der Waals surface area contributed by atoms with E-state index in [0.717, 1.165) is 12.0 Å². The first-order chi connectivity index (χ1) is 9.66. The van der Waals surface area contributed by atoms with Crippen LogP contribution < -0.4 is 5.73 Å². The number of hydrogen-bond acceptors (Lipinski definition) is 2. The minimum absolute atomic E-state index is 0.154. The molecule has 20 heavy (non-hydrogen) atoms. The predicted molar refractivity (Wildman–Crippen MR) is 88.9 cm³/mol. The van der Waals surface area contributed by atoms with Crippen LogP contribution in [0.15, 0.2) is 47.8 Å². The highest BCUT2D eigenvalue weighted by molar-refractivity contribution is 7.17. The maximum Gasteiger partial charge on any atom is 0.0640 e. The van der Waals surface area contributed by atoms with Gasteiger partial charge in [0.2, 0.25) is 0 Å². The van der Waals surface area contributed by atoms with Gasteiger partial charge in [0.15, 0.2) is 0 Å². The zero-order chi connectivity index (χ0) is 14.1. The Hall–Kier alpha value is -1.06. The van der Waals surface area contributed by atoms with E-state index in [2.05, 4.69) is 29.6 Å². The zero-order valence-electron chi connectivity index (χ0n) is 10.6. The summed E-state index contributed by atoms with van der Waals surface area (Å²) in [5.74, 6) is 0. The van der Waals surface area contributed by atoms with Gasteiger partial charge in [-0.05, 0) is 40.4 Å². The monoisotopic (exact) mass is 321 g/mol. The van der Waals surface area contributed by atoms with Gasteiger partial charge in [0.05, 0.1) is 10.0 Å². The summed E-state index contributed by atoms with van der Waals surface area (Å²) >= 11 is 14.0. The van der Waals surface area contributed by atoms with Crippen molar-refractivity contribution in [3.63, 3.8) is 0 Å². The van der Waals surface area contributed by atoms with Crippen molar-refractivity contribution < 1.29 is 0 Å². The van der Waals surface area contributed by atoms with Crippen LogP contribution in [0.25, 0.3) is 10.1 Å². The van der Waals surface area contributed by atoms with Crippen molar-refractivity contribution in [3.05, 3.63) is 69.0 Å². The SMILES string of the molecule is NC(Cc1csc2ccccc12)c1cccc(Cl)c1Cl. The molecule has 3 rings (SSSR count). The Balaban J connectivity index is 1.92. The zero-order valence-corrected chi connectivity index (χ0v) is 13.0. The van der Waals surface area contributed by atoms with Crippen LogP contribution in [0, 0.1) is 0 Å². The van der Waals surface area contributed by atoms with Crippen LogP contribution in [0.4, 0.5) is 0 Å². The summed E-state index contributed by atoms with van der Waals surface area (Å²) < 4.78 is 1.28. The van der Waals surface area contributed by atoms with E-state index >= 15 is 0 Å². The average molecular weight is 322 g/mol. The molecule has 2 aromatic carbocycles. The molecule has 0 saturated carbocycles. The van der Waals surface area contributed by atoms with Gasteiger partial charge < -0.3 is 5.73 Å². The molecule has 1 heterocycles. The van der Waals surface area contributed by atoms with Crippen molar-refractivity contribution in [2.45, 2.75) is 12.5 Å². The molecular weight excluding hydrogens is 309 g/mol. The number of benzene rings is 2. The molecular formula is C16H13Cl2NS. The van der Waals surface area contributed by atoms with Gasteiger partial charge in [-0.2, -0.15) is 0 Å². The highest BCUT2D eigenvalue weighted by atomic mass is 35.5. The minimum atomic E-state index is -0.154. The summed E-state index contributed by atoms with van der Waals surface area (Å²) in [5.41, 5.74) is 8.46. The molecule has 0 aliphatic carbocycles. The highest BCUT2D eigenvalue weighted by Crippen LogP contribution is 2.33. The van der Waals surface area contributed by atoms with E-state index in [4.69, 9.17) is 28.9 Å². The second-order valence-corrected chi connectivity index (χ2v) is 6.41. The van der Waals surface area contributed by atoms with Crippen molar-refractivity contribution in [2.24, 2.45) is 5.73 Å². The van der Waals surface area contributed by atoms with Crippen LogP contribution in [-0.4, -0.2) is 0 Å². The third kappa shape index (κ3) is 2.57. The Morgan fingerprint density at radius 1 is 1.05 bits per heavy atom. The maximum atomic E-state index is 6.31. The van der Waals surface area contributed by atoms with Crippen LogP contribution in [0.1, 0.15) is 17.2 Å². The number of halogens is 2. The van der Waals surface area contributed by atoms with Crippen molar-refractivity contribution in [2.75, 3.05) is 0 Å². The molecule has 0 spiro atoms. The van der Waals surface area contributed by atoms with E-state index in [0.29, 0.717) is 10.0 Å². The van der Waals surface area contributed by atoms with Crippen LogP contribution >= 0.6 is 34.5 Å². The molecule has 1 aromatic heterocycles. The van der Waals surface area contributed by atoms with Crippen LogP contribution in [0.3, 0.4) is 0 Å². The lowest BCUT2D eigenvalue weighted by Crippen LogP contribution is -2.13. The van der Waals surface area contributed by atoms with Crippen LogP contribution in [0.2, 0.25) is 10.0 Å². The largest absolute Gasteiger partial charge is 0.324 e. The molecule has 4 heteroatoms. The second-order valence-electron chi connectivity index (χ2n) is 4.71. The molecule has 102 valence electrons. The second kappa shape index (κ2) is 5.74. The number of fused-ring (bicyclic) bond motifs is 1. The van der Waals surface area contributed by atoms with E-state index in [1.807, 2.05) is 12.1 Å². The van der Waals surface area contributed by atoms with E-state index in [1.54, 1.807) is 17.4 Å². The predicted octanol–water partition coefficient (Wildman–Crippen LogP) is 5.45. The molecule has 3 aromatic rings. The van der Waals surface area contributed by atoms with Crippen molar-refractivity contribution >= 4 is 44.6 Å². The fourth-order valence-electron chi connectivity index (χ4n) is 2.34. The summed E-state index contributed by atoms with van der Waals surface area (Å²) in [6, 6.07) is 13.8. The van der Waals surface area contributed by atoms with Gasteiger partial charge >= 0.3 is 0 Å². The lowest BCUT2D eigenvalue weighted by molar-refractivity contribution is 0.727. The molecule has 1 unspecified atom stereocenters. The van der Waals surface area contributed by atoms with Gasteiger partial charge in [-0.15, -0.1) is 11.3 Å². The molecule has 0 bridgehead atoms. The fraction of sp³-hybridized carbons (Fsp3) is 0.125. The van der Waals surface area contributed by atoms with Crippen molar-refractivity contribution in [3.8, 4) is 0 Å². The Kier molecular flexibility index (Phi) is 3.99. The minimum Gasteiger partial charge on any atom is -0.324 e. The smallest absolute Gasteiger partial charge is 0.0640 e. The molecule has 0 amide bonds. The lowest BCUT2D eigenvalue weighted by atomic mass is 9.99. The quantitative estimate of drug-likeness (QED) is 0.681. The summed E-state index contributed by atoms with van der Waals surface area (Å²) in [6.45, 7) is 0. The van der Waals surface area contributed by atoms with Crippen LogP contribution in [-0.2, 0) is 6.42 Å². The van der Waals surface area contributed by atoms with Gasteiger partial charge in [0.25, 0.3) is 0 Å². The van der Waals surface area contributed by atoms with E-state index in [9.17, 15) is 0 Å². The third-order valence-electron chi connectivity index (χ3n) is 3.38. The summed E-state index contributed by atoms with van der Waals surface area (Å²) in [5, 5.41) is 4.55. The van der Waals surface area contributed by atoms with Gasteiger partial charge in [-0.3, -0.25) is 0 Å². The first kappa shape index (κ1) is 13.9. The standard InChI is InChI=1S/C16H13Cl2NS/c17-13-6-3-5-12(16(13)18)14(19)8-10-9-20-15-7-2-1-4-11(10)15/h1-7,9,14H,8,19H2. The molecule has 2 N–H and O–H groups in total. The lowest BCUT2D eigenvalue weighted by Gasteiger charge is -2.14. The van der Waals surface area contributed by atoms with E-state index in [1.165, 1.54) is 15.6 Å². The molecule has 1 atom stereocenters. The average Bonchev–Trinajstić information content (AvgIpc) is 2.85. The normalized spacial score (nSPS) is 12.8. The third-order valence-corrected chi connectivity index (χ3v) is 5.23. The molecule has 0 aliphatic rings. The number of hydrogen-bond donors (Lipinski definition) is 1. The Bertz CT molecular complexity index is 751. The Morgan fingerprint density at radius 3 is 2.70 bits per heavy atom. The van der Waals surface area contributed by atoms with E-state index < -0.39 is 0 Å². The number of rotatable bonds is 3. The molecule has 0 saturated heterocycles. The fourth-order valence-corrected chi connectivity index (χ4v) is 3.77. The number of thiophene rings is 1. The summed E-state index contributed by atoms with van der Waals surface area (Å²) in [6.07, 6.45) is 0.754. The first-order valence-electron chi connectivity index (χ1n) is 6.31. The Labute approximate surface area is 131 Å². The van der Waals surface area contributed by atoms with Gasteiger partial charge in [0, 0.05) is 10.7 Å². The van der Waals surface area contributed by atoms with Crippen LogP contribution in [0.5, 0.6) is 0 Å². The summed E-state index contributed by atoms with van der Waals surface area (Å²) in [7, 11) is 0. The maximum absolute atomic E-state index is 6.31. The summed E-state index contributed by atoms with van der Waals surface area (Å²) in [4.78, 5) is 0. The van der Waals surface area contributed by atoms with Gasteiger partial charge in [-0.1, -0.05) is 53.5 Å². The van der Waals surface area contributed by atoms with Crippen molar-refractivity contribution in [1.29, 1.82) is 0 Å². The molecule has 0 fully saturated rings.